The van der Waals surface area contributed by atoms with Crippen LogP contribution in [-0.2, 0) is 4.79 Å². The number of amides is 1. The van der Waals surface area contributed by atoms with E-state index in [0.717, 1.165) is 37.4 Å². The van der Waals surface area contributed by atoms with E-state index in [1.54, 1.807) is 7.11 Å². The first-order valence-electron chi connectivity index (χ1n) is 6.97. The fraction of sp³-hybridized carbons (Fsp3) is 0.533. The molecule has 110 valence electrons. The van der Waals surface area contributed by atoms with Crippen molar-refractivity contribution in [1.82, 2.24) is 4.90 Å². The van der Waals surface area contributed by atoms with E-state index in [1.165, 1.54) is 0 Å². The van der Waals surface area contributed by atoms with Crippen molar-refractivity contribution in [3.05, 3.63) is 24.3 Å². The van der Waals surface area contributed by atoms with Gasteiger partial charge in [0.25, 0.3) is 0 Å². The molecule has 0 saturated carbocycles. The average Bonchev–Trinajstić information content (AvgIpc) is 2.63. The third-order valence-corrected chi connectivity index (χ3v) is 4.02. The summed E-state index contributed by atoms with van der Waals surface area (Å²) in [4.78, 5) is 14.3. The van der Waals surface area contributed by atoms with Gasteiger partial charge in [0.05, 0.1) is 12.8 Å². The summed E-state index contributed by atoms with van der Waals surface area (Å²) in [5.41, 5.74) is 5.82. The van der Waals surface area contributed by atoms with E-state index in [4.69, 9.17) is 10.5 Å². The number of primary amides is 1. The van der Waals surface area contributed by atoms with Gasteiger partial charge in [-0.2, -0.15) is 0 Å². The van der Waals surface area contributed by atoms with E-state index in [-0.39, 0.29) is 5.91 Å². The third kappa shape index (κ3) is 3.04. The summed E-state index contributed by atoms with van der Waals surface area (Å²) in [5, 5.41) is 3.35. The molecule has 20 heavy (non-hydrogen) atoms. The van der Waals surface area contributed by atoms with Crippen molar-refractivity contribution in [1.29, 1.82) is 0 Å². The molecule has 0 aliphatic carbocycles. The molecule has 1 aromatic rings. The summed E-state index contributed by atoms with van der Waals surface area (Å²) in [5.74, 6) is 0.435. The number of nitrogens with zero attached hydrogens (tertiary/aromatic N) is 1. The largest absolute Gasteiger partial charge is 0.495 e. The highest BCUT2D eigenvalue weighted by atomic mass is 16.5. The standard InChI is InChI=1S/C15H23N3O2/c1-18-10-5-8-15(9-11-18,14(16)19)17-12-6-3-4-7-13(12)20-2/h3-4,6-7,17H,5,8-11H2,1-2H3,(H2,16,19). The summed E-state index contributed by atoms with van der Waals surface area (Å²) in [7, 11) is 3.69. The van der Waals surface area contributed by atoms with Gasteiger partial charge in [-0.25, -0.2) is 0 Å². The van der Waals surface area contributed by atoms with E-state index in [0.29, 0.717) is 6.42 Å². The number of para-hydroxylation sites is 2. The van der Waals surface area contributed by atoms with Gasteiger partial charge in [0.15, 0.2) is 0 Å². The molecule has 0 spiro atoms. The molecule has 5 heteroatoms. The van der Waals surface area contributed by atoms with Crippen molar-refractivity contribution in [2.75, 3.05) is 32.6 Å². The summed E-state index contributed by atoms with van der Waals surface area (Å²) in [6, 6.07) is 7.61. The Labute approximate surface area is 120 Å². The Morgan fingerprint density at radius 1 is 1.35 bits per heavy atom. The van der Waals surface area contributed by atoms with Crippen LogP contribution in [0.2, 0.25) is 0 Å². The molecule has 1 unspecified atom stereocenters. The minimum absolute atomic E-state index is 0.293. The molecular formula is C15H23N3O2. The molecule has 3 N–H and O–H groups in total. The zero-order valence-electron chi connectivity index (χ0n) is 12.2. The van der Waals surface area contributed by atoms with Crippen molar-refractivity contribution in [2.24, 2.45) is 5.73 Å². The molecule has 1 fully saturated rings. The Kier molecular flexibility index (Phi) is 4.49. The quantitative estimate of drug-likeness (QED) is 0.874. The number of carbonyl (C=O) groups is 1. The number of rotatable bonds is 4. The smallest absolute Gasteiger partial charge is 0.243 e. The predicted molar refractivity (Wildman–Crippen MR) is 79.9 cm³/mol. The first-order chi connectivity index (χ1) is 9.57. The maximum atomic E-state index is 12.0. The first kappa shape index (κ1) is 14.7. The van der Waals surface area contributed by atoms with Crippen LogP contribution in [0.4, 0.5) is 5.69 Å². The van der Waals surface area contributed by atoms with Crippen LogP contribution in [0.25, 0.3) is 0 Å². The number of benzene rings is 1. The molecule has 1 aromatic carbocycles. The van der Waals surface area contributed by atoms with Crippen LogP contribution < -0.4 is 15.8 Å². The van der Waals surface area contributed by atoms with Crippen molar-refractivity contribution in [3.8, 4) is 5.75 Å². The lowest BCUT2D eigenvalue weighted by atomic mass is 9.89. The molecule has 1 saturated heterocycles. The lowest BCUT2D eigenvalue weighted by molar-refractivity contribution is -0.122. The van der Waals surface area contributed by atoms with Gasteiger partial charge >= 0.3 is 0 Å². The van der Waals surface area contributed by atoms with E-state index in [2.05, 4.69) is 17.3 Å². The normalized spacial score (nSPS) is 23.9. The van der Waals surface area contributed by atoms with E-state index in [1.807, 2.05) is 24.3 Å². The minimum atomic E-state index is -0.695. The number of nitrogens with two attached hydrogens (primary N) is 1. The van der Waals surface area contributed by atoms with Crippen LogP contribution in [0.5, 0.6) is 5.75 Å². The van der Waals surface area contributed by atoms with Crippen molar-refractivity contribution >= 4 is 11.6 Å². The molecule has 0 aromatic heterocycles. The number of hydrogen-bond acceptors (Lipinski definition) is 4. The fourth-order valence-electron chi connectivity index (χ4n) is 2.71. The highest BCUT2D eigenvalue weighted by Gasteiger charge is 2.38. The second-order valence-electron chi connectivity index (χ2n) is 5.43. The van der Waals surface area contributed by atoms with Crippen LogP contribution in [0.1, 0.15) is 19.3 Å². The van der Waals surface area contributed by atoms with Crippen LogP contribution in [-0.4, -0.2) is 43.6 Å². The van der Waals surface area contributed by atoms with Crippen LogP contribution in [0.3, 0.4) is 0 Å². The van der Waals surface area contributed by atoms with Gasteiger partial charge in [-0.3, -0.25) is 4.79 Å². The average molecular weight is 277 g/mol. The fourth-order valence-corrected chi connectivity index (χ4v) is 2.71. The first-order valence-corrected chi connectivity index (χ1v) is 6.97. The maximum absolute atomic E-state index is 12.0. The molecule has 0 bridgehead atoms. The van der Waals surface area contributed by atoms with E-state index < -0.39 is 5.54 Å². The number of ether oxygens (including phenoxy) is 1. The molecule has 1 aliphatic heterocycles. The van der Waals surface area contributed by atoms with E-state index >= 15 is 0 Å². The molecular weight excluding hydrogens is 254 g/mol. The third-order valence-electron chi connectivity index (χ3n) is 4.02. The Morgan fingerprint density at radius 2 is 2.10 bits per heavy atom. The molecule has 0 radical (unpaired) electrons. The van der Waals surface area contributed by atoms with Crippen molar-refractivity contribution in [2.45, 2.75) is 24.8 Å². The maximum Gasteiger partial charge on any atom is 0.243 e. The number of likely N-dealkylation sites (tertiary alicyclic amines) is 1. The summed E-state index contributed by atoms with van der Waals surface area (Å²) in [6.45, 7) is 1.84. The Hall–Kier alpha value is -1.75. The molecule has 1 atom stereocenters. The van der Waals surface area contributed by atoms with Gasteiger partial charge in [-0.15, -0.1) is 0 Å². The highest BCUT2D eigenvalue weighted by molar-refractivity contribution is 5.88. The number of methoxy groups -OCH3 is 1. The minimum Gasteiger partial charge on any atom is -0.495 e. The zero-order valence-corrected chi connectivity index (χ0v) is 12.2. The summed E-state index contributed by atoms with van der Waals surface area (Å²) in [6.07, 6.45) is 2.39. The number of carbonyl (C=O) groups excluding carboxylic acids is 1. The zero-order chi connectivity index (χ0) is 14.6. The Morgan fingerprint density at radius 3 is 2.80 bits per heavy atom. The summed E-state index contributed by atoms with van der Waals surface area (Å²) >= 11 is 0. The van der Waals surface area contributed by atoms with Gasteiger partial charge < -0.3 is 20.7 Å². The topological polar surface area (TPSA) is 67.6 Å². The van der Waals surface area contributed by atoms with E-state index in [9.17, 15) is 4.79 Å². The Bertz CT molecular complexity index is 478. The Balaban J connectivity index is 2.27. The molecule has 1 aliphatic rings. The molecule has 5 nitrogen and oxygen atoms in total. The monoisotopic (exact) mass is 277 g/mol. The number of hydrogen-bond donors (Lipinski definition) is 2. The lowest BCUT2D eigenvalue weighted by Gasteiger charge is -2.32. The highest BCUT2D eigenvalue weighted by Crippen LogP contribution is 2.31. The van der Waals surface area contributed by atoms with Gasteiger partial charge in [-0.1, -0.05) is 12.1 Å². The van der Waals surface area contributed by atoms with Crippen LogP contribution >= 0.6 is 0 Å². The SMILES string of the molecule is COc1ccccc1NC1(C(N)=O)CCCN(C)CC1. The van der Waals surface area contributed by atoms with Gasteiger partial charge in [0.2, 0.25) is 5.91 Å². The lowest BCUT2D eigenvalue weighted by Crippen LogP contribution is -2.51. The van der Waals surface area contributed by atoms with Crippen molar-refractivity contribution < 1.29 is 9.53 Å². The van der Waals surface area contributed by atoms with Crippen LogP contribution in [0, 0.1) is 0 Å². The van der Waals surface area contributed by atoms with Gasteiger partial charge in [0, 0.05) is 6.54 Å². The van der Waals surface area contributed by atoms with Gasteiger partial charge in [0.1, 0.15) is 11.3 Å². The summed E-state index contributed by atoms with van der Waals surface area (Å²) < 4.78 is 5.34. The second kappa shape index (κ2) is 6.13. The number of nitrogens with one attached hydrogen (secondary N) is 1. The van der Waals surface area contributed by atoms with Crippen LogP contribution in [0.15, 0.2) is 24.3 Å². The van der Waals surface area contributed by atoms with Gasteiger partial charge in [-0.05, 0) is 45.0 Å². The molecule has 1 heterocycles. The molecule has 2 rings (SSSR count). The predicted octanol–water partition coefficient (Wildman–Crippen LogP) is 1.45. The number of anilines is 1. The van der Waals surface area contributed by atoms with Crippen molar-refractivity contribution in [3.63, 3.8) is 0 Å². The second-order valence-corrected chi connectivity index (χ2v) is 5.43. The molecule has 1 amide bonds.